The molecule has 0 bridgehead atoms. The summed E-state index contributed by atoms with van der Waals surface area (Å²) < 4.78 is 62.0. The fourth-order valence-corrected chi connectivity index (χ4v) is 1.12. The molecule has 0 fully saturated rings. The van der Waals surface area contributed by atoms with Gasteiger partial charge in [0.2, 0.25) is 0 Å². The quantitative estimate of drug-likeness (QED) is 0.530. The van der Waals surface area contributed by atoms with Crippen LogP contribution in [-0.2, 0) is 0 Å². The second-order valence-electron chi connectivity index (χ2n) is 3.02. The highest BCUT2D eigenvalue weighted by molar-refractivity contribution is 5.39. The summed E-state index contributed by atoms with van der Waals surface area (Å²) in [7, 11) is 0. The Morgan fingerprint density at radius 3 is 2.21 bits per heavy atom. The standard InChI is InChI=1S/C9H7F5/c1-5-2-6(10)4-8(11)7(3-5)9(12,13)14/h3-4H,2H2,1H3. The monoisotopic (exact) mass is 210 g/mol. The van der Waals surface area contributed by atoms with Crippen molar-refractivity contribution in [3.63, 3.8) is 0 Å². The molecule has 0 aromatic heterocycles. The molecule has 0 aromatic rings. The minimum absolute atomic E-state index is 0.138. The van der Waals surface area contributed by atoms with Crippen molar-refractivity contribution in [2.75, 3.05) is 0 Å². The van der Waals surface area contributed by atoms with Crippen LogP contribution in [0.15, 0.2) is 35.0 Å². The van der Waals surface area contributed by atoms with E-state index in [2.05, 4.69) is 0 Å². The summed E-state index contributed by atoms with van der Waals surface area (Å²) in [6.45, 7) is 1.32. The first-order valence-electron chi connectivity index (χ1n) is 3.81. The van der Waals surface area contributed by atoms with Crippen LogP contribution in [0.1, 0.15) is 13.3 Å². The minimum atomic E-state index is -4.79. The van der Waals surface area contributed by atoms with E-state index in [0.717, 1.165) is 0 Å². The molecule has 0 nitrogen and oxygen atoms in total. The van der Waals surface area contributed by atoms with Crippen LogP contribution in [0.3, 0.4) is 0 Å². The molecule has 5 heteroatoms. The van der Waals surface area contributed by atoms with Gasteiger partial charge in [-0.05, 0) is 13.0 Å². The van der Waals surface area contributed by atoms with Crippen LogP contribution in [0.25, 0.3) is 0 Å². The van der Waals surface area contributed by atoms with Gasteiger partial charge < -0.3 is 0 Å². The Labute approximate surface area is 77.4 Å². The van der Waals surface area contributed by atoms with E-state index in [4.69, 9.17) is 0 Å². The lowest BCUT2D eigenvalue weighted by atomic mass is 10.1. The van der Waals surface area contributed by atoms with Gasteiger partial charge >= 0.3 is 6.18 Å². The molecule has 0 saturated heterocycles. The van der Waals surface area contributed by atoms with Crippen LogP contribution in [0, 0.1) is 0 Å². The van der Waals surface area contributed by atoms with Crippen molar-refractivity contribution in [3.05, 3.63) is 35.0 Å². The summed E-state index contributed by atoms with van der Waals surface area (Å²) in [5.74, 6) is -2.48. The predicted molar refractivity (Wildman–Crippen MR) is 41.8 cm³/mol. The van der Waals surface area contributed by atoms with E-state index >= 15 is 0 Å². The van der Waals surface area contributed by atoms with E-state index in [1.807, 2.05) is 0 Å². The van der Waals surface area contributed by atoms with E-state index in [9.17, 15) is 22.0 Å². The Bertz CT molecular complexity index is 330. The van der Waals surface area contributed by atoms with Crippen LogP contribution < -0.4 is 0 Å². The lowest BCUT2D eigenvalue weighted by molar-refractivity contribution is -0.0897. The minimum Gasteiger partial charge on any atom is -0.211 e. The number of hydrogen-bond acceptors (Lipinski definition) is 0. The second-order valence-corrected chi connectivity index (χ2v) is 3.02. The molecule has 0 aliphatic heterocycles. The van der Waals surface area contributed by atoms with Gasteiger partial charge in [0.1, 0.15) is 11.7 Å². The molecule has 0 heterocycles. The normalized spacial score (nSPS) is 19.0. The van der Waals surface area contributed by atoms with E-state index in [1.165, 1.54) is 6.92 Å². The van der Waals surface area contributed by atoms with Gasteiger partial charge in [0.25, 0.3) is 0 Å². The highest BCUT2D eigenvalue weighted by Crippen LogP contribution is 2.34. The molecule has 1 aliphatic carbocycles. The molecule has 78 valence electrons. The molecular formula is C9H7F5. The number of halogens is 5. The Balaban J connectivity index is 3.25. The fourth-order valence-electron chi connectivity index (χ4n) is 1.12. The van der Waals surface area contributed by atoms with Crippen molar-refractivity contribution in [1.29, 1.82) is 0 Å². The number of hydrogen-bond donors (Lipinski definition) is 0. The van der Waals surface area contributed by atoms with E-state index in [-0.39, 0.29) is 18.1 Å². The Morgan fingerprint density at radius 1 is 1.14 bits per heavy atom. The SMILES string of the molecule is CC1=CC(C(F)(F)F)=C(F)C=C(F)C1. The third-order valence-electron chi connectivity index (χ3n) is 1.68. The number of allylic oxidation sites excluding steroid dienone is 6. The molecule has 1 aliphatic rings. The lowest BCUT2D eigenvalue weighted by Gasteiger charge is -2.07. The maximum absolute atomic E-state index is 12.8. The second kappa shape index (κ2) is 3.55. The fraction of sp³-hybridized carbons (Fsp3) is 0.333. The number of rotatable bonds is 0. The zero-order chi connectivity index (χ0) is 10.9. The average molecular weight is 210 g/mol. The largest absolute Gasteiger partial charge is 0.419 e. The van der Waals surface area contributed by atoms with Crippen LogP contribution in [-0.4, -0.2) is 6.18 Å². The molecule has 0 aromatic carbocycles. The molecule has 0 atom stereocenters. The highest BCUT2D eigenvalue weighted by atomic mass is 19.4. The van der Waals surface area contributed by atoms with Crippen LogP contribution in [0.2, 0.25) is 0 Å². The summed E-state index contributed by atoms with van der Waals surface area (Å²) in [6, 6.07) is 0. The maximum atomic E-state index is 12.8. The summed E-state index contributed by atoms with van der Waals surface area (Å²) in [4.78, 5) is 0. The maximum Gasteiger partial charge on any atom is 0.419 e. The smallest absolute Gasteiger partial charge is 0.211 e. The van der Waals surface area contributed by atoms with E-state index in [0.29, 0.717) is 6.08 Å². The Kier molecular flexibility index (Phi) is 2.78. The van der Waals surface area contributed by atoms with Crippen molar-refractivity contribution in [1.82, 2.24) is 0 Å². The third kappa shape index (κ3) is 2.43. The van der Waals surface area contributed by atoms with Gasteiger partial charge in [-0.1, -0.05) is 5.57 Å². The average Bonchev–Trinajstić information content (AvgIpc) is 2.07. The first kappa shape index (κ1) is 10.9. The predicted octanol–water partition coefficient (Wildman–Crippen LogP) is 3.98. The van der Waals surface area contributed by atoms with Crippen molar-refractivity contribution < 1.29 is 22.0 Å². The zero-order valence-electron chi connectivity index (χ0n) is 7.25. The molecule has 0 amide bonds. The molecule has 0 spiro atoms. The molecule has 14 heavy (non-hydrogen) atoms. The van der Waals surface area contributed by atoms with E-state index in [1.54, 1.807) is 0 Å². The summed E-state index contributed by atoms with van der Waals surface area (Å²) in [5, 5.41) is 0. The van der Waals surface area contributed by atoms with Gasteiger partial charge in [-0.3, -0.25) is 0 Å². The summed E-state index contributed by atoms with van der Waals surface area (Å²) >= 11 is 0. The van der Waals surface area contributed by atoms with Gasteiger partial charge in [0.15, 0.2) is 0 Å². The van der Waals surface area contributed by atoms with Gasteiger partial charge in [-0.25, -0.2) is 8.78 Å². The van der Waals surface area contributed by atoms with Gasteiger partial charge in [-0.2, -0.15) is 13.2 Å². The first-order chi connectivity index (χ1) is 6.30. The molecule has 0 saturated carbocycles. The molecular weight excluding hydrogens is 203 g/mol. The van der Waals surface area contributed by atoms with Crippen molar-refractivity contribution in [2.45, 2.75) is 19.5 Å². The Morgan fingerprint density at radius 2 is 1.71 bits per heavy atom. The molecule has 0 unspecified atom stereocenters. The lowest BCUT2D eigenvalue weighted by Crippen LogP contribution is -2.11. The molecule has 1 rings (SSSR count). The van der Waals surface area contributed by atoms with Gasteiger partial charge in [0, 0.05) is 12.5 Å². The van der Waals surface area contributed by atoms with Crippen LogP contribution in [0.5, 0.6) is 0 Å². The highest BCUT2D eigenvalue weighted by Gasteiger charge is 2.35. The first-order valence-corrected chi connectivity index (χ1v) is 3.81. The van der Waals surface area contributed by atoms with Crippen molar-refractivity contribution in [2.24, 2.45) is 0 Å². The third-order valence-corrected chi connectivity index (χ3v) is 1.68. The van der Waals surface area contributed by atoms with E-state index < -0.39 is 23.4 Å². The zero-order valence-corrected chi connectivity index (χ0v) is 7.25. The topological polar surface area (TPSA) is 0 Å². The van der Waals surface area contributed by atoms with Crippen LogP contribution >= 0.6 is 0 Å². The summed E-state index contributed by atoms with van der Waals surface area (Å²) in [5.41, 5.74) is -1.29. The van der Waals surface area contributed by atoms with Gasteiger partial charge in [-0.15, -0.1) is 0 Å². The molecule has 0 radical (unpaired) electrons. The van der Waals surface area contributed by atoms with Crippen molar-refractivity contribution >= 4 is 0 Å². The van der Waals surface area contributed by atoms with Gasteiger partial charge in [0.05, 0.1) is 5.57 Å². The summed E-state index contributed by atoms with van der Waals surface area (Å²) in [6.07, 6.45) is -4.17. The van der Waals surface area contributed by atoms with Crippen LogP contribution in [0.4, 0.5) is 22.0 Å². The molecule has 0 N–H and O–H groups in total. The number of alkyl halides is 3. The Hall–Kier alpha value is -1.13. The van der Waals surface area contributed by atoms with Crippen molar-refractivity contribution in [3.8, 4) is 0 Å².